The van der Waals surface area contributed by atoms with E-state index in [1.807, 2.05) is 0 Å². The van der Waals surface area contributed by atoms with Crippen molar-refractivity contribution >= 4 is 11.9 Å². The molecule has 0 saturated carbocycles. The van der Waals surface area contributed by atoms with Gasteiger partial charge in [-0.1, -0.05) is 26.0 Å². The van der Waals surface area contributed by atoms with Crippen LogP contribution in [-0.2, 0) is 4.79 Å². The maximum Gasteiger partial charge on any atom is 0.232 e. The number of amides is 1. The number of piperidine rings is 1. The van der Waals surface area contributed by atoms with Crippen molar-refractivity contribution in [3.8, 4) is 11.1 Å². The molecule has 0 unspecified atom stereocenters. The smallest absolute Gasteiger partial charge is 0.232 e. The fraction of sp³-hybridized carbons (Fsp3) is 0.353. The Morgan fingerprint density at radius 2 is 1.91 bits per heavy atom. The fourth-order valence-electron chi connectivity index (χ4n) is 2.62. The van der Waals surface area contributed by atoms with E-state index in [1.54, 1.807) is 29.4 Å². The third kappa shape index (κ3) is 2.98. The summed E-state index contributed by atoms with van der Waals surface area (Å²) in [6.07, 6.45) is 4.68. The van der Waals surface area contributed by atoms with Crippen LogP contribution in [0, 0.1) is 11.2 Å². The molecule has 1 saturated heterocycles. The topological polar surface area (TPSA) is 46.1 Å². The number of hydrogen-bond donors (Lipinski definition) is 0. The standard InChI is InChI=1S/C17H18FN3O/c1-17(2)6-7-21(15(22)9-17)16-19-10-13(11-20-16)12-4-3-5-14(18)8-12/h3-5,8,10-11H,6-7,9H2,1-2H3. The van der Waals surface area contributed by atoms with Gasteiger partial charge in [-0.2, -0.15) is 0 Å². The minimum atomic E-state index is -0.296. The molecule has 22 heavy (non-hydrogen) atoms. The first-order chi connectivity index (χ1) is 10.4. The third-order valence-electron chi connectivity index (χ3n) is 3.98. The highest BCUT2D eigenvalue weighted by Crippen LogP contribution is 2.32. The number of carbonyl (C=O) groups excluding carboxylic acids is 1. The molecule has 0 N–H and O–H groups in total. The van der Waals surface area contributed by atoms with Crippen LogP contribution in [0.3, 0.4) is 0 Å². The zero-order valence-electron chi connectivity index (χ0n) is 12.7. The zero-order valence-corrected chi connectivity index (χ0v) is 12.7. The van der Waals surface area contributed by atoms with E-state index in [1.165, 1.54) is 12.1 Å². The number of nitrogens with zero attached hydrogens (tertiary/aromatic N) is 3. The van der Waals surface area contributed by atoms with Crippen LogP contribution in [0.25, 0.3) is 11.1 Å². The molecular weight excluding hydrogens is 281 g/mol. The van der Waals surface area contributed by atoms with E-state index in [2.05, 4.69) is 23.8 Å². The van der Waals surface area contributed by atoms with Crippen molar-refractivity contribution in [2.24, 2.45) is 5.41 Å². The van der Waals surface area contributed by atoms with Gasteiger partial charge in [0.1, 0.15) is 5.82 Å². The van der Waals surface area contributed by atoms with Crippen molar-refractivity contribution in [1.29, 1.82) is 0 Å². The summed E-state index contributed by atoms with van der Waals surface area (Å²) in [5.41, 5.74) is 1.49. The quantitative estimate of drug-likeness (QED) is 0.853. The molecule has 4 nitrogen and oxygen atoms in total. The second-order valence-corrected chi connectivity index (χ2v) is 6.42. The molecule has 1 aromatic heterocycles. The maximum absolute atomic E-state index is 13.3. The van der Waals surface area contributed by atoms with Gasteiger partial charge in [0.15, 0.2) is 0 Å². The minimum absolute atomic E-state index is 0.0368. The van der Waals surface area contributed by atoms with Crippen molar-refractivity contribution in [1.82, 2.24) is 9.97 Å². The number of rotatable bonds is 2. The Morgan fingerprint density at radius 3 is 2.55 bits per heavy atom. The molecule has 114 valence electrons. The van der Waals surface area contributed by atoms with Gasteiger partial charge in [0.05, 0.1) is 0 Å². The van der Waals surface area contributed by atoms with Crippen molar-refractivity contribution in [2.75, 3.05) is 11.4 Å². The fourth-order valence-corrected chi connectivity index (χ4v) is 2.62. The van der Waals surface area contributed by atoms with Crippen LogP contribution in [0.2, 0.25) is 0 Å². The molecule has 0 radical (unpaired) electrons. The minimum Gasteiger partial charge on any atom is -0.281 e. The lowest BCUT2D eigenvalue weighted by Crippen LogP contribution is -2.42. The molecular formula is C17H18FN3O. The molecule has 0 spiro atoms. The first kappa shape index (κ1) is 14.6. The van der Waals surface area contributed by atoms with Gasteiger partial charge in [0.25, 0.3) is 0 Å². The largest absolute Gasteiger partial charge is 0.281 e. The Kier molecular flexibility index (Phi) is 3.64. The Morgan fingerprint density at radius 1 is 1.18 bits per heavy atom. The molecule has 0 atom stereocenters. The van der Waals surface area contributed by atoms with E-state index >= 15 is 0 Å². The summed E-state index contributed by atoms with van der Waals surface area (Å²) in [5.74, 6) is 0.172. The SMILES string of the molecule is CC1(C)CCN(c2ncc(-c3cccc(F)c3)cn2)C(=O)C1. The summed E-state index contributed by atoms with van der Waals surface area (Å²) in [6, 6.07) is 6.28. The van der Waals surface area contributed by atoms with Gasteiger partial charge in [0.2, 0.25) is 11.9 Å². The van der Waals surface area contributed by atoms with E-state index in [4.69, 9.17) is 0 Å². The summed E-state index contributed by atoms with van der Waals surface area (Å²) in [6.45, 7) is 4.82. The molecule has 1 aromatic carbocycles. The Labute approximate surface area is 129 Å². The van der Waals surface area contributed by atoms with E-state index in [0.717, 1.165) is 17.5 Å². The van der Waals surface area contributed by atoms with E-state index in [0.29, 0.717) is 18.9 Å². The van der Waals surface area contributed by atoms with Gasteiger partial charge in [-0.05, 0) is 29.5 Å². The molecule has 0 aliphatic carbocycles. The number of anilines is 1. The van der Waals surface area contributed by atoms with Crippen molar-refractivity contribution < 1.29 is 9.18 Å². The van der Waals surface area contributed by atoms with Gasteiger partial charge in [-0.3, -0.25) is 9.69 Å². The lowest BCUT2D eigenvalue weighted by atomic mass is 9.82. The normalized spacial score (nSPS) is 17.6. The van der Waals surface area contributed by atoms with Crippen LogP contribution in [0.4, 0.5) is 10.3 Å². The molecule has 3 rings (SSSR count). The second kappa shape index (κ2) is 5.48. The van der Waals surface area contributed by atoms with Gasteiger partial charge < -0.3 is 0 Å². The third-order valence-corrected chi connectivity index (χ3v) is 3.98. The first-order valence-electron chi connectivity index (χ1n) is 7.33. The molecule has 1 aliphatic rings. The second-order valence-electron chi connectivity index (χ2n) is 6.42. The Balaban J connectivity index is 1.82. The predicted molar refractivity (Wildman–Crippen MR) is 82.8 cm³/mol. The first-order valence-corrected chi connectivity index (χ1v) is 7.33. The van der Waals surface area contributed by atoms with Crippen molar-refractivity contribution in [3.05, 3.63) is 42.5 Å². The number of benzene rings is 1. The lowest BCUT2D eigenvalue weighted by molar-refractivity contribution is -0.122. The monoisotopic (exact) mass is 299 g/mol. The average molecular weight is 299 g/mol. The molecule has 5 heteroatoms. The highest BCUT2D eigenvalue weighted by atomic mass is 19.1. The van der Waals surface area contributed by atoms with Gasteiger partial charge in [-0.15, -0.1) is 0 Å². The number of hydrogen-bond acceptors (Lipinski definition) is 3. The maximum atomic E-state index is 13.3. The summed E-state index contributed by atoms with van der Waals surface area (Å²) in [7, 11) is 0. The van der Waals surface area contributed by atoms with Crippen LogP contribution >= 0.6 is 0 Å². The van der Waals surface area contributed by atoms with Gasteiger partial charge >= 0.3 is 0 Å². The van der Waals surface area contributed by atoms with E-state index in [9.17, 15) is 9.18 Å². The summed E-state index contributed by atoms with van der Waals surface area (Å²) < 4.78 is 13.3. The highest BCUT2D eigenvalue weighted by Gasteiger charge is 2.33. The Bertz CT molecular complexity index is 697. The van der Waals surface area contributed by atoms with Gasteiger partial charge in [0, 0.05) is 30.9 Å². The number of aromatic nitrogens is 2. The zero-order chi connectivity index (χ0) is 15.7. The summed E-state index contributed by atoms with van der Waals surface area (Å²) in [5, 5.41) is 0. The molecule has 2 heterocycles. The van der Waals surface area contributed by atoms with Crippen LogP contribution < -0.4 is 4.90 Å². The van der Waals surface area contributed by atoms with Crippen LogP contribution in [0.1, 0.15) is 26.7 Å². The van der Waals surface area contributed by atoms with Crippen molar-refractivity contribution in [2.45, 2.75) is 26.7 Å². The van der Waals surface area contributed by atoms with Crippen LogP contribution in [-0.4, -0.2) is 22.4 Å². The van der Waals surface area contributed by atoms with Crippen molar-refractivity contribution in [3.63, 3.8) is 0 Å². The summed E-state index contributed by atoms with van der Waals surface area (Å²) in [4.78, 5) is 22.4. The molecule has 1 fully saturated rings. The molecule has 1 amide bonds. The Hall–Kier alpha value is -2.30. The van der Waals surface area contributed by atoms with E-state index in [-0.39, 0.29) is 17.1 Å². The van der Waals surface area contributed by atoms with Crippen LogP contribution in [0.15, 0.2) is 36.7 Å². The summed E-state index contributed by atoms with van der Waals surface area (Å²) >= 11 is 0. The number of carbonyl (C=O) groups is 1. The lowest BCUT2D eigenvalue weighted by Gasteiger charge is -2.35. The van der Waals surface area contributed by atoms with Crippen LogP contribution in [0.5, 0.6) is 0 Å². The van der Waals surface area contributed by atoms with Gasteiger partial charge in [-0.25, -0.2) is 14.4 Å². The highest BCUT2D eigenvalue weighted by molar-refractivity contribution is 5.92. The molecule has 2 aromatic rings. The van der Waals surface area contributed by atoms with E-state index < -0.39 is 0 Å². The average Bonchev–Trinajstić information content (AvgIpc) is 2.47. The number of halogens is 1. The molecule has 0 bridgehead atoms. The predicted octanol–water partition coefficient (Wildman–Crippen LogP) is 3.44. The molecule has 1 aliphatic heterocycles.